The van der Waals surface area contributed by atoms with Gasteiger partial charge in [-0.3, -0.25) is 9.36 Å². The van der Waals surface area contributed by atoms with Crippen molar-refractivity contribution >= 4 is 34.2 Å². The van der Waals surface area contributed by atoms with Crippen molar-refractivity contribution in [2.75, 3.05) is 11.2 Å². The lowest BCUT2D eigenvalue weighted by Crippen LogP contribution is -2.20. The van der Waals surface area contributed by atoms with Gasteiger partial charge < -0.3 is 5.32 Å². The number of anilines is 1. The Morgan fingerprint density at radius 2 is 1.77 bits per heavy atom. The molecule has 0 saturated heterocycles. The summed E-state index contributed by atoms with van der Waals surface area (Å²) < 4.78 is 2.08. The summed E-state index contributed by atoms with van der Waals surface area (Å²) in [4.78, 5) is 22.5. The number of nitrogens with one attached hydrogen (secondary N) is 1. The molecule has 0 radical (unpaired) electrons. The molecule has 5 nitrogen and oxygen atoms in total. The monoisotopic (exact) mass is 440 g/mol. The zero-order chi connectivity index (χ0) is 22.7. The molecule has 0 fully saturated rings. The molecule has 1 aromatic carbocycles. The summed E-state index contributed by atoms with van der Waals surface area (Å²) in [5.74, 6) is 1.23. The minimum absolute atomic E-state index is 0.0759. The Kier molecular flexibility index (Phi) is 7.37. The average Bonchev–Trinajstić information content (AvgIpc) is 3.00. The third kappa shape index (κ3) is 4.62. The predicted molar refractivity (Wildman–Crippen MR) is 130 cm³/mol. The van der Waals surface area contributed by atoms with Crippen LogP contribution in [0.1, 0.15) is 72.5 Å². The van der Waals surface area contributed by atoms with Crippen LogP contribution in [0.15, 0.2) is 18.2 Å². The van der Waals surface area contributed by atoms with Gasteiger partial charge in [0.25, 0.3) is 0 Å². The van der Waals surface area contributed by atoms with Crippen LogP contribution in [0.25, 0.3) is 16.7 Å². The molecule has 0 unspecified atom stereocenters. The number of hydrogen-bond acceptors (Lipinski definition) is 4. The van der Waals surface area contributed by atoms with E-state index < -0.39 is 0 Å². The molecule has 0 aliphatic heterocycles. The molecule has 0 atom stereocenters. The Morgan fingerprint density at radius 3 is 2.35 bits per heavy atom. The number of ketones is 1. The normalized spacial score (nSPS) is 11.5. The molecule has 166 valence electrons. The number of alkyl halides is 1. The summed E-state index contributed by atoms with van der Waals surface area (Å²) >= 11 is 6.03. The third-order valence-corrected chi connectivity index (χ3v) is 6.01. The lowest BCUT2D eigenvalue weighted by atomic mass is 10.1. The Bertz CT molecular complexity index is 1100. The van der Waals surface area contributed by atoms with Crippen molar-refractivity contribution in [2.24, 2.45) is 0 Å². The number of carbonyl (C=O) groups excluding carboxylic acids is 1. The molecule has 3 rings (SSSR count). The second-order valence-corrected chi connectivity index (χ2v) is 8.65. The van der Waals surface area contributed by atoms with E-state index in [4.69, 9.17) is 21.6 Å². The minimum Gasteiger partial charge on any atom is -0.367 e. The highest BCUT2D eigenvalue weighted by atomic mass is 35.5. The van der Waals surface area contributed by atoms with Crippen molar-refractivity contribution in [1.29, 1.82) is 0 Å². The van der Waals surface area contributed by atoms with Crippen LogP contribution < -0.4 is 5.32 Å². The number of carbonyl (C=O) groups is 1. The van der Waals surface area contributed by atoms with E-state index in [9.17, 15) is 4.79 Å². The number of aryl methyl sites for hydroxylation is 3. The van der Waals surface area contributed by atoms with Crippen LogP contribution in [0.5, 0.6) is 0 Å². The molecule has 0 aliphatic carbocycles. The highest BCUT2D eigenvalue weighted by molar-refractivity contribution is 6.32. The first kappa shape index (κ1) is 23.3. The number of fused-ring (bicyclic) bond motifs is 1. The van der Waals surface area contributed by atoms with E-state index in [1.807, 2.05) is 13.8 Å². The van der Waals surface area contributed by atoms with Crippen LogP contribution >= 0.6 is 11.6 Å². The fourth-order valence-electron chi connectivity index (χ4n) is 4.44. The van der Waals surface area contributed by atoms with Crippen molar-refractivity contribution in [3.63, 3.8) is 0 Å². The Hall–Kier alpha value is -2.40. The van der Waals surface area contributed by atoms with E-state index >= 15 is 0 Å². The van der Waals surface area contributed by atoms with Gasteiger partial charge in [0.05, 0.1) is 22.5 Å². The van der Waals surface area contributed by atoms with Crippen molar-refractivity contribution in [1.82, 2.24) is 14.5 Å². The second-order valence-electron chi connectivity index (χ2n) is 8.38. The number of aromatic nitrogens is 3. The molecular weight excluding hydrogens is 408 g/mol. The van der Waals surface area contributed by atoms with Gasteiger partial charge in [-0.15, -0.1) is 11.6 Å². The molecular formula is C25H33ClN4O. The first-order valence-electron chi connectivity index (χ1n) is 11.1. The number of rotatable bonds is 9. The summed E-state index contributed by atoms with van der Waals surface area (Å²) in [6.45, 7) is 12.4. The highest BCUT2D eigenvalue weighted by Gasteiger charge is 2.26. The Balaban J connectivity index is 2.33. The van der Waals surface area contributed by atoms with Gasteiger partial charge in [-0.1, -0.05) is 44.4 Å². The van der Waals surface area contributed by atoms with E-state index in [0.717, 1.165) is 59.5 Å². The number of benzene rings is 1. The summed E-state index contributed by atoms with van der Waals surface area (Å²) in [6.07, 6.45) is 4.27. The van der Waals surface area contributed by atoms with Gasteiger partial charge in [-0.25, -0.2) is 9.97 Å². The number of halogens is 1. The number of nitrogens with zero attached hydrogens (tertiary/aromatic N) is 3. The molecule has 1 N–H and O–H groups in total. The quantitative estimate of drug-likeness (QED) is 0.306. The zero-order valence-corrected chi connectivity index (χ0v) is 20.2. The van der Waals surface area contributed by atoms with Crippen LogP contribution in [0.2, 0.25) is 0 Å². The largest absolute Gasteiger partial charge is 0.367 e. The maximum atomic E-state index is 13.0. The maximum Gasteiger partial charge on any atom is 0.180 e. The average molecular weight is 441 g/mol. The second kappa shape index (κ2) is 9.82. The first-order valence-corrected chi connectivity index (χ1v) is 11.7. The first-order chi connectivity index (χ1) is 14.8. The van der Waals surface area contributed by atoms with Crippen molar-refractivity contribution < 1.29 is 4.79 Å². The summed E-state index contributed by atoms with van der Waals surface area (Å²) in [5, 5.41) is 4.41. The standard InChI is InChI=1S/C25H33ClN4O/c1-7-9-19(10-8-2)29-24-23-22(21(31)14-26)17(5)30(25(23)28-18(6)27-24)20-12-11-15(3)13-16(20)4/h11-13,19H,7-10,14H2,1-6H3,(H,27,28,29). The SMILES string of the molecule is CCCC(CCC)Nc1nc(C)nc2c1c(C(=O)CCl)c(C)n2-c1ccc(C)cc1C. The smallest absolute Gasteiger partial charge is 0.180 e. The van der Waals surface area contributed by atoms with Crippen molar-refractivity contribution in [2.45, 2.75) is 73.3 Å². The summed E-state index contributed by atoms with van der Waals surface area (Å²) in [7, 11) is 0. The number of Topliss-reactive ketones (excluding diaryl/α,β-unsaturated/α-hetero) is 1. The molecule has 6 heteroatoms. The number of hydrogen-bond donors (Lipinski definition) is 1. The molecule has 0 amide bonds. The van der Waals surface area contributed by atoms with Gasteiger partial charge in [0, 0.05) is 11.7 Å². The van der Waals surface area contributed by atoms with Crippen LogP contribution in [-0.4, -0.2) is 32.2 Å². The Morgan fingerprint density at radius 1 is 1.10 bits per heavy atom. The molecule has 2 heterocycles. The summed E-state index contributed by atoms with van der Waals surface area (Å²) in [5.41, 5.74) is 5.55. The third-order valence-electron chi connectivity index (χ3n) is 5.77. The lowest BCUT2D eigenvalue weighted by molar-refractivity contribution is 0.102. The summed E-state index contributed by atoms with van der Waals surface area (Å²) in [6, 6.07) is 6.63. The fraction of sp³-hybridized carbons (Fsp3) is 0.480. The van der Waals surface area contributed by atoms with E-state index in [-0.39, 0.29) is 11.7 Å². The molecule has 3 aromatic rings. The van der Waals surface area contributed by atoms with Crippen LogP contribution in [0, 0.1) is 27.7 Å². The molecule has 31 heavy (non-hydrogen) atoms. The van der Waals surface area contributed by atoms with E-state index in [2.05, 4.69) is 55.8 Å². The molecule has 0 aliphatic rings. The van der Waals surface area contributed by atoms with E-state index in [0.29, 0.717) is 17.4 Å². The maximum absolute atomic E-state index is 13.0. The van der Waals surface area contributed by atoms with Crippen LogP contribution in [-0.2, 0) is 0 Å². The van der Waals surface area contributed by atoms with E-state index in [1.54, 1.807) is 0 Å². The van der Waals surface area contributed by atoms with E-state index in [1.165, 1.54) is 5.56 Å². The van der Waals surface area contributed by atoms with Crippen molar-refractivity contribution in [3.8, 4) is 5.69 Å². The molecule has 0 spiro atoms. The van der Waals surface area contributed by atoms with Gasteiger partial charge in [-0.2, -0.15) is 0 Å². The minimum atomic E-state index is -0.106. The van der Waals surface area contributed by atoms with Crippen LogP contribution in [0.4, 0.5) is 5.82 Å². The highest BCUT2D eigenvalue weighted by Crippen LogP contribution is 2.35. The zero-order valence-electron chi connectivity index (χ0n) is 19.5. The molecule has 2 aromatic heterocycles. The van der Waals surface area contributed by atoms with Crippen molar-refractivity contribution in [3.05, 3.63) is 46.4 Å². The topological polar surface area (TPSA) is 59.8 Å². The molecule has 0 bridgehead atoms. The lowest BCUT2D eigenvalue weighted by Gasteiger charge is -2.19. The predicted octanol–water partition coefficient (Wildman–Crippen LogP) is 6.46. The van der Waals surface area contributed by atoms with Gasteiger partial charge in [-0.05, 0) is 52.2 Å². The molecule has 0 saturated carbocycles. The van der Waals surface area contributed by atoms with Gasteiger partial charge in [0.2, 0.25) is 0 Å². The fourth-order valence-corrected chi connectivity index (χ4v) is 4.58. The van der Waals surface area contributed by atoms with Gasteiger partial charge in [0.1, 0.15) is 11.6 Å². The van der Waals surface area contributed by atoms with Gasteiger partial charge in [0.15, 0.2) is 11.4 Å². The Labute approximate surface area is 190 Å². The van der Waals surface area contributed by atoms with Crippen LogP contribution in [0.3, 0.4) is 0 Å². The van der Waals surface area contributed by atoms with Gasteiger partial charge >= 0.3 is 0 Å².